The summed E-state index contributed by atoms with van der Waals surface area (Å²) in [5.41, 5.74) is 2.84. The summed E-state index contributed by atoms with van der Waals surface area (Å²) in [6.07, 6.45) is 5.33. The standard InChI is InChI=1S/C20H23N3O5S/c1-23-11-17(15-6-7-21-19(15)20(23)24)16-9-13(10-22-29(25)26)4-5-18(16)28-14-3-2-8-27-12-14/h4-7,9,11,14,21,29H,2-3,8,10,12H2,1H3,(H,22,25,26). The van der Waals surface area contributed by atoms with Gasteiger partial charge < -0.3 is 19.0 Å². The average Bonchev–Trinajstić information content (AvgIpc) is 3.21. The highest BCUT2D eigenvalue weighted by molar-refractivity contribution is 7.70. The molecule has 1 atom stereocenters. The van der Waals surface area contributed by atoms with Crippen LogP contribution in [0.15, 0.2) is 41.5 Å². The van der Waals surface area contributed by atoms with Crippen LogP contribution in [-0.2, 0) is 29.2 Å². The van der Waals surface area contributed by atoms with Gasteiger partial charge in [-0.2, -0.15) is 0 Å². The van der Waals surface area contributed by atoms with E-state index < -0.39 is 10.9 Å². The van der Waals surface area contributed by atoms with E-state index in [1.54, 1.807) is 19.4 Å². The maximum Gasteiger partial charge on any atom is 0.274 e. The third-order valence-electron chi connectivity index (χ3n) is 5.05. The number of H-pyrrole nitrogens is 1. The average molecular weight is 417 g/mol. The molecule has 0 spiro atoms. The van der Waals surface area contributed by atoms with Gasteiger partial charge >= 0.3 is 0 Å². The predicted octanol–water partition coefficient (Wildman–Crippen LogP) is 1.71. The van der Waals surface area contributed by atoms with Crippen molar-refractivity contribution < 1.29 is 17.9 Å². The molecule has 154 valence electrons. The number of fused-ring (bicyclic) bond motifs is 1. The molecule has 0 radical (unpaired) electrons. The van der Waals surface area contributed by atoms with Crippen LogP contribution in [0, 0.1) is 0 Å². The molecule has 9 heteroatoms. The van der Waals surface area contributed by atoms with Crippen LogP contribution < -0.4 is 15.0 Å². The van der Waals surface area contributed by atoms with Crippen LogP contribution in [0.25, 0.3) is 22.0 Å². The summed E-state index contributed by atoms with van der Waals surface area (Å²) in [7, 11) is -0.984. The van der Waals surface area contributed by atoms with Crippen molar-refractivity contribution in [1.29, 1.82) is 0 Å². The number of hydrogen-bond donors (Lipinski definition) is 3. The molecular weight excluding hydrogens is 394 g/mol. The smallest absolute Gasteiger partial charge is 0.274 e. The molecule has 3 heterocycles. The van der Waals surface area contributed by atoms with Crippen LogP contribution in [0.4, 0.5) is 0 Å². The van der Waals surface area contributed by atoms with E-state index in [-0.39, 0.29) is 18.2 Å². The minimum Gasteiger partial charge on any atom is -0.487 e. The van der Waals surface area contributed by atoms with Gasteiger partial charge in [0.2, 0.25) is 10.9 Å². The highest BCUT2D eigenvalue weighted by Crippen LogP contribution is 2.36. The summed E-state index contributed by atoms with van der Waals surface area (Å²) >= 11 is 0. The Morgan fingerprint density at radius 1 is 1.31 bits per heavy atom. The first-order valence-corrected chi connectivity index (χ1v) is 10.6. The van der Waals surface area contributed by atoms with Crippen molar-refractivity contribution in [1.82, 2.24) is 14.3 Å². The maximum atomic E-state index is 12.4. The molecule has 0 bridgehead atoms. The molecule has 1 aliphatic heterocycles. The molecule has 2 N–H and O–H groups in total. The highest BCUT2D eigenvalue weighted by Gasteiger charge is 2.20. The lowest BCUT2D eigenvalue weighted by atomic mass is 10.00. The van der Waals surface area contributed by atoms with Gasteiger partial charge in [0.25, 0.3) is 5.56 Å². The van der Waals surface area contributed by atoms with Gasteiger partial charge in [0.05, 0.1) is 6.61 Å². The van der Waals surface area contributed by atoms with Gasteiger partial charge in [0.15, 0.2) is 0 Å². The zero-order valence-electron chi connectivity index (χ0n) is 16.0. The SMILES string of the molecule is Cn1cc(-c2cc(CN[SH](=O)=O)ccc2OC2CCCOC2)c2cc[nH]c2c1=O. The van der Waals surface area contributed by atoms with E-state index in [1.165, 1.54) is 4.57 Å². The number of aromatic nitrogens is 2. The normalized spacial score (nSPS) is 17.1. The molecule has 0 saturated carbocycles. The van der Waals surface area contributed by atoms with Gasteiger partial charge in [0, 0.05) is 49.1 Å². The number of pyridine rings is 1. The zero-order chi connectivity index (χ0) is 20.4. The van der Waals surface area contributed by atoms with E-state index in [0.717, 1.165) is 41.5 Å². The third-order valence-corrected chi connectivity index (χ3v) is 5.47. The fraction of sp³-hybridized carbons (Fsp3) is 0.350. The lowest BCUT2D eigenvalue weighted by molar-refractivity contribution is 0.00767. The first-order chi connectivity index (χ1) is 14.0. The van der Waals surface area contributed by atoms with E-state index in [0.29, 0.717) is 17.9 Å². The highest BCUT2D eigenvalue weighted by atomic mass is 32.2. The quantitative estimate of drug-likeness (QED) is 0.530. The topological polar surface area (TPSA) is 102 Å². The number of benzene rings is 1. The Balaban J connectivity index is 1.82. The number of nitrogens with zero attached hydrogens (tertiary/aromatic N) is 1. The fourth-order valence-electron chi connectivity index (χ4n) is 3.62. The van der Waals surface area contributed by atoms with Crippen LogP contribution in [0.3, 0.4) is 0 Å². The zero-order valence-corrected chi connectivity index (χ0v) is 16.9. The maximum absolute atomic E-state index is 12.4. The second-order valence-corrected chi connectivity index (χ2v) is 7.94. The summed E-state index contributed by atoms with van der Waals surface area (Å²) in [4.78, 5) is 15.4. The molecule has 1 unspecified atom stereocenters. The van der Waals surface area contributed by atoms with Crippen LogP contribution >= 0.6 is 0 Å². The molecule has 8 nitrogen and oxygen atoms in total. The molecule has 0 aliphatic carbocycles. The second-order valence-electron chi connectivity index (χ2n) is 7.10. The molecular formula is C20H23N3O5S. The van der Waals surface area contributed by atoms with Gasteiger partial charge in [-0.25, -0.2) is 13.1 Å². The number of hydrogen-bond acceptors (Lipinski definition) is 5. The minimum absolute atomic E-state index is 0.0446. The van der Waals surface area contributed by atoms with Crippen molar-refractivity contribution in [3.05, 3.63) is 52.6 Å². The van der Waals surface area contributed by atoms with Crippen molar-refractivity contribution in [2.24, 2.45) is 7.05 Å². The summed E-state index contributed by atoms with van der Waals surface area (Å²) in [6, 6.07) is 7.45. The molecule has 4 rings (SSSR count). The molecule has 3 aromatic rings. The first kappa shape index (κ1) is 19.7. The molecule has 1 aromatic carbocycles. The Morgan fingerprint density at radius 2 is 2.17 bits per heavy atom. The van der Waals surface area contributed by atoms with Crippen molar-refractivity contribution >= 4 is 21.8 Å². The van der Waals surface area contributed by atoms with E-state index in [9.17, 15) is 13.2 Å². The van der Waals surface area contributed by atoms with E-state index in [2.05, 4.69) is 9.71 Å². The largest absolute Gasteiger partial charge is 0.487 e. The van der Waals surface area contributed by atoms with Crippen LogP contribution in [0.2, 0.25) is 0 Å². The first-order valence-electron chi connectivity index (χ1n) is 9.45. The minimum atomic E-state index is -2.69. The number of aryl methyl sites for hydroxylation is 1. The second kappa shape index (κ2) is 8.40. The van der Waals surface area contributed by atoms with Crippen LogP contribution in [-0.4, -0.2) is 37.3 Å². The number of rotatable bonds is 6. The number of ether oxygens (including phenoxy) is 2. The van der Waals surface area contributed by atoms with E-state index in [1.807, 2.05) is 24.3 Å². The summed E-state index contributed by atoms with van der Waals surface area (Å²) in [5, 5.41) is 0.790. The molecule has 0 amide bonds. The van der Waals surface area contributed by atoms with Gasteiger partial charge in [0.1, 0.15) is 17.4 Å². The van der Waals surface area contributed by atoms with Crippen LogP contribution in [0.5, 0.6) is 5.75 Å². The van der Waals surface area contributed by atoms with Crippen molar-refractivity contribution in [3.8, 4) is 16.9 Å². The van der Waals surface area contributed by atoms with Gasteiger partial charge in [-0.3, -0.25) is 4.79 Å². The third kappa shape index (κ3) is 4.21. The fourth-order valence-corrected chi connectivity index (χ4v) is 3.94. The predicted molar refractivity (Wildman–Crippen MR) is 111 cm³/mol. The summed E-state index contributed by atoms with van der Waals surface area (Å²) in [5.74, 6) is 0.678. The summed E-state index contributed by atoms with van der Waals surface area (Å²) in [6.45, 7) is 1.46. The van der Waals surface area contributed by atoms with Gasteiger partial charge in [-0.1, -0.05) is 6.07 Å². The number of nitrogens with one attached hydrogen (secondary N) is 2. The Labute approximate surface area is 169 Å². The Kier molecular flexibility index (Phi) is 5.70. The lowest BCUT2D eigenvalue weighted by Crippen LogP contribution is -2.28. The molecule has 1 fully saturated rings. The lowest BCUT2D eigenvalue weighted by Gasteiger charge is -2.25. The van der Waals surface area contributed by atoms with Gasteiger partial charge in [-0.15, -0.1) is 0 Å². The molecule has 1 saturated heterocycles. The molecule has 2 aromatic heterocycles. The number of aromatic amines is 1. The van der Waals surface area contributed by atoms with Crippen molar-refractivity contribution in [2.45, 2.75) is 25.5 Å². The van der Waals surface area contributed by atoms with E-state index in [4.69, 9.17) is 9.47 Å². The summed E-state index contributed by atoms with van der Waals surface area (Å²) < 4.78 is 37.6. The molecule has 1 aliphatic rings. The van der Waals surface area contributed by atoms with Crippen molar-refractivity contribution in [2.75, 3.05) is 13.2 Å². The molecule has 29 heavy (non-hydrogen) atoms. The Bertz CT molecular complexity index is 1150. The van der Waals surface area contributed by atoms with Crippen LogP contribution in [0.1, 0.15) is 18.4 Å². The number of thiol groups is 1. The monoisotopic (exact) mass is 417 g/mol. The van der Waals surface area contributed by atoms with E-state index >= 15 is 0 Å². The Morgan fingerprint density at radius 3 is 2.93 bits per heavy atom. The van der Waals surface area contributed by atoms with Crippen molar-refractivity contribution in [3.63, 3.8) is 0 Å². The van der Waals surface area contributed by atoms with Gasteiger partial charge in [-0.05, 0) is 36.6 Å². The Hall–Kier alpha value is -2.62.